The predicted molar refractivity (Wildman–Crippen MR) is 521 cm³/mol. The van der Waals surface area contributed by atoms with Crippen molar-refractivity contribution in [1.82, 2.24) is 55.6 Å². The van der Waals surface area contributed by atoms with Crippen molar-refractivity contribution in [1.29, 1.82) is 0 Å². The molecular formula is C106H106K2N17NaO7. The van der Waals surface area contributed by atoms with Gasteiger partial charge in [-0.15, -0.1) is 10.4 Å². The van der Waals surface area contributed by atoms with Crippen molar-refractivity contribution >= 4 is 119 Å². The number of unbranched alkanes of at least 4 members (excludes halogenated alkanes) is 2. The number of anilines is 12. The van der Waals surface area contributed by atoms with E-state index in [1.165, 1.54) is 12.8 Å². The summed E-state index contributed by atoms with van der Waals surface area (Å²) in [5.41, 5.74) is 26.8. The molecule has 0 fully saturated rings. The average molecular weight is 1830 g/mol. The van der Waals surface area contributed by atoms with Crippen LogP contribution in [0.15, 0.2) is 345 Å². The summed E-state index contributed by atoms with van der Waals surface area (Å²) in [6.07, 6.45) is 5.70. The van der Waals surface area contributed by atoms with Crippen molar-refractivity contribution in [2.75, 3.05) is 46.0 Å². The van der Waals surface area contributed by atoms with Gasteiger partial charge >= 0.3 is 132 Å². The molecule has 18 aromatic rings. The van der Waals surface area contributed by atoms with Crippen LogP contribution in [-0.2, 0) is 38.8 Å². The molecule has 0 atom stereocenters. The summed E-state index contributed by atoms with van der Waals surface area (Å²) in [5, 5.41) is 60.9. The molecule has 1 N–H and O–H groups in total. The maximum atomic E-state index is 8.64. The van der Waals surface area contributed by atoms with Gasteiger partial charge in [0.2, 0.25) is 0 Å². The number of carbonyl (C=O) groups excluding carboxylic acids is 1. The summed E-state index contributed by atoms with van der Waals surface area (Å²) >= 11 is 0. The summed E-state index contributed by atoms with van der Waals surface area (Å²) in [6, 6.07) is 118. The molecule has 18 rings (SSSR count). The Balaban J connectivity index is 0.000000236. The summed E-state index contributed by atoms with van der Waals surface area (Å²) < 4.78 is 11.2. The maximum Gasteiger partial charge on any atom is 1.00 e. The molecule has 24 nitrogen and oxygen atoms in total. The van der Waals surface area contributed by atoms with Gasteiger partial charge in [0.1, 0.15) is 27.6 Å². The van der Waals surface area contributed by atoms with E-state index in [1.807, 2.05) is 58.1 Å². The zero-order chi connectivity index (χ0) is 90.3. The van der Waals surface area contributed by atoms with Crippen molar-refractivity contribution in [2.24, 2.45) is 17.2 Å². The first-order chi connectivity index (χ1) is 63.9. The summed E-state index contributed by atoms with van der Waals surface area (Å²) in [5.74, 6) is 0.714. The fourth-order valence-corrected chi connectivity index (χ4v) is 15.6. The molecule has 0 aliphatic heterocycles. The first kappa shape index (κ1) is 102. The second kappa shape index (κ2) is 52.5. The summed E-state index contributed by atoms with van der Waals surface area (Å²) in [7, 11) is 0. The standard InChI is InChI=1S/C52H50N8O.C46H38N8.C7H16O.CH2O3.2K.HNO2.Na.H/c1-4-5-35-61-36-34-57-53-49-47(39-26-30-45(31-27-39)59(41-18-10-6-11-19-41)42-20-12-7-13-21-42)51-52(56-58(55-51)37-38(2)3)48(50(49)54-57)40-28-32-46(33-29-40)60(43-22-14-8-15-23-43)44-24-16-9-17-25-44;1-32(2)31-52-49-45-41(33-23-27-39(28-24-33)53(35-15-7-3-8-16-35)36-17-9-4-10-18-36)43-44(48-51-47-43)42(46(45)50-52)34-25-29-40(30-26-34)54(37-19-11-5-12-20-37)38-21-13-6-14-22-38;1-3-5-7-8-6-4-2;2-1-4-3;;;2-1-3;;/h6-33,38H,4-5,34-37H2,1-3H3;3-30,32H,31H2,1-2H3,(H,47,48);3-7H2,1-2H3;1,3H;;;(H,2,3);;/q;;;;2*+1;;+1;-1/p-2. The van der Waals surface area contributed by atoms with Gasteiger partial charge < -0.3 is 50.8 Å². The zero-order valence-electron chi connectivity index (χ0n) is 78.1. The van der Waals surface area contributed by atoms with Crippen LogP contribution in [0.4, 0.5) is 68.2 Å². The molecule has 0 saturated carbocycles. The normalized spacial score (nSPS) is 10.7. The fraction of sp³-hybridized carbons (Fsp3) is 0.198. The topological polar surface area (TPSA) is 267 Å². The van der Waals surface area contributed by atoms with Gasteiger partial charge in [0.15, 0.2) is 6.54 Å². The van der Waals surface area contributed by atoms with E-state index in [0.29, 0.717) is 38.1 Å². The molecule has 133 heavy (non-hydrogen) atoms. The van der Waals surface area contributed by atoms with Gasteiger partial charge in [0, 0.05) is 127 Å². The first-order valence-electron chi connectivity index (χ1n) is 44.0. The third-order valence-electron chi connectivity index (χ3n) is 21.4. The molecule has 0 saturated heterocycles. The van der Waals surface area contributed by atoms with Gasteiger partial charge in [0.05, 0.1) is 25.2 Å². The number of hydrogen-bond acceptors (Lipinski definition) is 19. The van der Waals surface area contributed by atoms with Gasteiger partial charge in [0.25, 0.3) is 6.47 Å². The SMILES string of the molecule is CC(C)Cn1nc2c(-c3ccc(N(c4ccccc4)c4ccccc4)cc3)c3nn[nH]c3c(-c3ccc(N(c4ccccc4)c4ccccc4)cc3)c2n1.CCCCOCCC.CCCCOCCn1nc2c(-c3ccc(N(c4ccccc4)c4ccccc4)cc3)c3n[n+](CC(C)C)[n-]c3c(-c3ccc(N(c4ccccc4)c4ccccc4)cc3)c2n1.O=CO[O-].O=N[O-].[H-].[K+].[K+].[Na+]. The molecule has 27 heteroatoms. The number of ether oxygens (including phenoxy) is 2. The van der Waals surface area contributed by atoms with E-state index in [9.17, 15) is 0 Å². The molecule has 4 aromatic heterocycles. The number of hydrogen-bond donors (Lipinski definition) is 1. The monoisotopic (exact) mass is 1830 g/mol. The number of aromatic nitrogens is 12. The number of carbonyl (C=O) groups is 1. The second-order valence-corrected chi connectivity index (χ2v) is 31.6. The van der Waals surface area contributed by atoms with Crippen LogP contribution in [0.3, 0.4) is 0 Å². The van der Waals surface area contributed by atoms with Gasteiger partial charge in [-0.05, 0) is 193 Å². The Kier molecular flexibility index (Phi) is 40.5. The number of fused-ring (bicyclic) bond motifs is 4. The molecule has 0 bridgehead atoms. The Bertz CT molecular complexity index is 6010. The van der Waals surface area contributed by atoms with Gasteiger partial charge in [-0.3, -0.25) is 9.89 Å². The van der Waals surface area contributed by atoms with Crippen LogP contribution < -0.4 is 167 Å². The average Bonchev–Trinajstić information content (AvgIpc) is 1.56. The van der Waals surface area contributed by atoms with Crippen molar-refractivity contribution in [3.63, 3.8) is 0 Å². The molecule has 14 aromatic carbocycles. The third-order valence-corrected chi connectivity index (χ3v) is 21.4. The Morgan fingerprint density at radius 2 is 0.684 bits per heavy atom. The smallest absolute Gasteiger partial charge is 1.00 e. The molecular weight excluding hydrogens is 1720 g/mol. The van der Waals surface area contributed by atoms with Crippen LogP contribution in [0.5, 0.6) is 0 Å². The Morgan fingerprint density at radius 1 is 0.398 bits per heavy atom. The van der Waals surface area contributed by atoms with E-state index in [-0.39, 0.29) is 140 Å². The minimum Gasteiger partial charge on any atom is -1.00 e. The van der Waals surface area contributed by atoms with Crippen molar-refractivity contribution < 1.29 is 163 Å². The Morgan fingerprint density at radius 3 is 0.992 bits per heavy atom. The molecule has 0 spiro atoms. The number of rotatable bonds is 32. The van der Waals surface area contributed by atoms with Gasteiger partial charge in [-0.25, -0.2) is 0 Å². The van der Waals surface area contributed by atoms with E-state index in [2.05, 4.69) is 380 Å². The van der Waals surface area contributed by atoms with Crippen molar-refractivity contribution in [3.05, 3.63) is 350 Å². The van der Waals surface area contributed by atoms with Crippen LogP contribution in [0, 0.1) is 22.0 Å². The van der Waals surface area contributed by atoms with Crippen molar-refractivity contribution in [2.45, 2.75) is 100 Å². The van der Waals surface area contributed by atoms with E-state index in [4.69, 9.17) is 60.2 Å². The maximum absolute atomic E-state index is 8.64. The van der Waals surface area contributed by atoms with E-state index in [1.54, 1.807) is 4.80 Å². The second-order valence-electron chi connectivity index (χ2n) is 31.6. The first-order valence-corrected chi connectivity index (χ1v) is 44.0. The molecule has 0 unspecified atom stereocenters. The van der Waals surface area contributed by atoms with Crippen LogP contribution in [0.25, 0.3) is 88.6 Å². The molecule has 4 heterocycles. The number of benzene rings is 14. The number of H-pyrrole nitrogens is 1. The molecule has 0 radical (unpaired) electrons. The number of para-hydroxylation sites is 8. The number of nitrogens with zero attached hydrogens (tertiary/aromatic N) is 16. The minimum atomic E-state index is -0.181. The van der Waals surface area contributed by atoms with E-state index >= 15 is 0 Å². The number of nitrogens with one attached hydrogen (secondary N) is 1. The van der Waals surface area contributed by atoms with E-state index < -0.39 is 0 Å². The predicted octanol–water partition coefficient (Wildman–Crippen LogP) is 15.6. The quantitative estimate of drug-likeness (QED) is 0.00780. The van der Waals surface area contributed by atoms with Crippen LogP contribution in [0.1, 0.15) is 82.0 Å². The summed E-state index contributed by atoms with van der Waals surface area (Å²) in [6.45, 7) is 20.1. The largest absolute Gasteiger partial charge is 1.00 e. The Hall–Kier alpha value is -11.1. The van der Waals surface area contributed by atoms with Crippen LogP contribution >= 0.6 is 0 Å². The van der Waals surface area contributed by atoms with E-state index in [0.717, 1.165) is 201 Å². The summed E-state index contributed by atoms with van der Waals surface area (Å²) in [4.78, 5) is 33.8. The van der Waals surface area contributed by atoms with Crippen LogP contribution in [-0.4, -0.2) is 83.4 Å². The van der Waals surface area contributed by atoms with Crippen LogP contribution in [0.2, 0.25) is 0 Å². The molecule has 660 valence electrons. The van der Waals surface area contributed by atoms with Gasteiger partial charge in [-0.2, -0.15) is 45.0 Å². The number of aromatic amines is 1. The van der Waals surface area contributed by atoms with Crippen molar-refractivity contribution in [3.8, 4) is 44.5 Å². The third kappa shape index (κ3) is 26.1. The van der Waals surface area contributed by atoms with Gasteiger partial charge in [-0.1, -0.05) is 261 Å². The Labute approximate surface area is 884 Å². The zero-order valence-corrected chi connectivity index (χ0v) is 85.3. The molecule has 0 aliphatic carbocycles. The molecule has 0 aliphatic rings. The fourth-order valence-electron chi connectivity index (χ4n) is 15.6. The molecule has 0 amide bonds. The minimum absolute atomic E-state index is 0.